The minimum atomic E-state index is -4.77. The quantitative estimate of drug-likeness (QED) is 0.718. The molecule has 2 aromatic rings. The van der Waals surface area contributed by atoms with Crippen molar-refractivity contribution < 1.29 is 32.8 Å². The first kappa shape index (κ1) is 18.2. The Labute approximate surface area is 139 Å². The second kappa shape index (κ2) is 6.79. The van der Waals surface area contributed by atoms with E-state index in [9.17, 15) is 28.0 Å². The van der Waals surface area contributed by atoms with E-state index in [1.165, 1.54) is 32.2 Å². The third-order valence-corrected chi connectivity index (χ3v) is 3.96. The Morgan fingerprint density at radius 1 is 1.38 bits per heavy atom. The highest BCUT2D eigenvalue weighted by atomic mass is 32.1. The van der Waals surface area contributed by atoms with Crippen molar-refractivity contribution >= 4 is 35.5 Å². The Morgan fingerprint density at radius 2 is 2.04 bits per heavy atom. The van der Waals surface area contributed by atoms with E-state index in [1.807, 2.05) is 0 Å². The molecule has 0 saturated carbocycles. The Morgan fingerprint density at radius 3 is 2.58 bits per heavy atom. The Balaban J connectivity index is 2.38. The number of hydrogen-bond acceptors (Lipinski definition) is 6. The third kappa shape index (κ3) is 3.86. The average molecular weight is 360 g/mol. The van der Waals surface area contributed by atoms with Gasteiger partial charge in [0.25, 0.3) is 5.91 Å². The SMILES string of the molecule is COc1ccc(NC(=O)c2sc(C)nc2C(F)(F)F)c(B(O)O)c1. The highest BCUT2D eigenvalue weighted by Crippen LogP contribution is 2.34. The van der Waals surface area contributed by atoms with Crippen molar-refractivity contribution in [1.29, 1.82) is 0 Å². The number of nitrogens with one attached hydrogen (secondary N) is 1. The molecular weight excluding hydrogens is 348 g/mol. The van der Waals surface area contributed by atoms with Gasteiger partial charge in [-0.05, 0) is 25.1 Å². The minimum Gasteiger partial charge on any atom is -0.497 e. The van der Waals surface area contributed by atoms with Crippen LogP contribution in [-0.4, -0.2) is 35.2 Å². The van der Waals surface area contributed by atoms with Crippen molar-refractivity contribution in [2.45, 2.75) is 13.1 Å². The lowest BCUT2D eigenvalue weighted by atomic mass is 9.79. The van der Waals surface area contributed by atoms with Gasteiger partial charge >= 0.3 is 13.3 Å². The zero-order valence-electron chi connectivity index (χ0n) is 12.5. The van der Waals surface area contributed by atoms with E-state index >= 15 is 0 Å². The summed E-state index contributed by atoms with van der Waals surface area (Å²) in [4.78, 5) is 14.9. The highest BCUT2D eigenvalue weighted by molar-refractivity contribution is 7.13. The van der Waals surface area contributed by atoms with Gasteiger partial charge in [-0.1, -0.05) is 0 Å². The number of halogens is 3. The Bertz CT molecular complexity index is 764. The molecule has 1 aromatic heterocycles. The lowest BCUT2D eigenvalue weighted by Gasteiger charge is -2.12. The maximum atomic E-state index is 12.9. The van der Waals surface area contributed by atoms with Gasteiger partial charge in [-0.3, -0.25) is 4.79 Å². The van der Waals surface area contributed by atoms with Crippen molar-refractivity contribution in [2.24, 2.45) is 0 Å². The normalized spacial score (nSPS) is 11.3. The molecule has 128 valence electrons. The summed E-state index contributed by atoms with van der Waals surface area (Å²) in [6.45, 7) is 1.35. The smallest absolute Gasteiger partial charge is 0.490 e. The second-order valence-corrected chi connectivity index (χ2v) is 5.89. The summed E-state index contributed by atoms with van der Waals surface area (Å²) in [6, 6.07) is 3.97. The molecule has 1 aromatic carbocycles. The van der Waals surface area contributed by atoms with Gasteiger partial charge in [0, 0.05) is 11.2 Å². The molecule has 11 heteroatoms. The van der Waals surface area contributed by atoms with Gasteiger partial charge in [0.15, 0.2) is 5.69 Å². The maximum Gasteiger partial charge on any atom is 0.490 e. The predicted molar refractivity (Wildman–Crippen MR) is 82.6 cm³/mol. The monoisotopic (exact) mass is 360 g/mol. The number of carbonyl (C=O) groups excluding carboxylic acids is 1. The maximum absolute atomic E-state index is 12.9. The molecule has 0 aliphatic carbocycles. The number of anilines is 1. The topological polar surface area (TPSA) is 91.7 Å². The second-order valence-electron chi connectivity index (χ2n) is 4.69. The van der Waals surface area contributed by atoms with Gasteiger partial charge in [-0.2, -0.15) is 13.2 Å². The standard InChI is InChI=1S/C13H12BF3N2O4S/c1-6-18-11(13(15,16)17)10(24-6)12(20)19-9-4-3-7(23-2)5-8(9)14(21)22/h3-5,21-22H,1-2H3,(H,19,20). The lowest BCUT2D eigenvalue weighted by molar-refractivity contribution is -0.141. The van der Waals surface area contributed by atoms with E-state index in [1.54, 1.807) is 0 Å². The average Bonchev–Trinajstić information content (AvgIpc) is 2.89. The number of rotatable bonds is 4. The molecule has 1 amide bonds. The van der Waals surface area contributed by atoms with Crippen LogP contribution in [-0.2, 0) is 6.18 Å². The van der Waals surface area contributed by atoms with E-state index in [0.717, 1.165) is 0 Å². The molecule has 0 aliphatic rings. The van der Waals surface area contributed by atoms with E-state index in [0.29, 0.717) is 17.1 Å². The molecular formula is C13H12BF3N2O4S. The number of alkyl halides is 3. The largest absolute Gasteiger partial charge is 0.497 e. The Hall–Kier alpha value is -2.11. The molecule has 0 atom stereocenters. The van der Waals surface area contributed by atoms with Crippen molar-refractivity contribution in [2.75, 3.05) is 12.4 Å². The molecule has 0 spiro atoms. The molecule has 0 unspecified atom stereocenters. The van der Waals surface area contributed by atoms with Crippen LogP contribution in [0.4, 0.5) is 18.9 Å². The van der Waals surface area contributed by atoms with E-state index in [2.05, 4.69) is 10.3 Å². The number of nitrogens with zero attached hydrogens (tertiary/aromatic N) is 1. The fourth-order valence-electron chi connectivity index (χ4n) is 1.95. The van der Waals surface area contributed by atoms with Gasteiger partial charge < -0.3 is 20.1 Å². The van der Waals surface area contributed by atoms with Gasteiger partial charge in [-0.15, -0.1) is 11.3 Å². The number of benzene rings is 1. The molecule has 0 radical (unpaired) electrons. The summed E-state index contributed by atoms with van der Waals surface area (Å²) in [6.07, 6.45) is -4.77. The molecule has 6 nitrogen and oxygen atoms in total. The molecule has 3 N–H and O–H groups in total. The van der Waals surface area contributed by atoms with Crippen LogP contribution in [0.3, 0.4) is 0 Å². The van der Waals surface area contributed by atoms with Crippen LogP contribution in [0.1, 0.15) is 20.4 Å². The Kier molecular flexibility index (Phi) is 5.16. The molecule has 0 bridgehead atoms. The first-order valence-corrected chi connectivity index (χ1v) is 7.35. The number of hydrogen-bond donors (Lipinski definition) is 3. The number of ether oxygens (including phenoxy) is 1. The summed E-state index contributed by atoms with van der Waals surface area (Å²) in [5.41, 5.74) is -1.44. The zero-order valence-corrected chi connectivity index (χ0v) is 13.3. The highest BCUT2D eigenvalue weighted by Gasteiger charge is 2.39. The van der Waals surface area contributed by atoms with Crippen molar-refractivity contribution in [1.82, 2.24) is 4.98 Å². The third-order valence-electron chi connectivity index (χ3n) is 2.99. The molecule has 0 fully saturated rings. The molecule has 2 rings (SSSR count). The summed E-state index contributed by atoms with van der Waals surface area (Å²) in [5.74, 6) is -0.749. The van der Waals surface area contributed by atoms with Gasteiger partial charge in [0.05, 0.1) is 12.1 Å². The molecule has 0 saturated heterocycles. The lowest BCUT2D eigenvalue weighted by Crippen LogP contribution is -2.33. The van der Waals surface area contributed by atoms with Gasteiger partial charge in [-0.25, -0.2) is 4.98 Å². The van der Waals surface area contributed by atoms with Crippen LogP contribution in [0.25, 0.3) is 0 Å². The number of methoxy groups -OCH3 is 1. The summed E-state index contributed by atoms with van der Waals surface area (Å²) >= 11 is 0.598. The number of thiazole rings is 1. The van der Waals surface area contributed by atoms with Crippen molar-refractivity contribution in [3.05, 3.63) is 33.8 Å². The molecule has 0 aliphatic heterocycles. The minimum absolute atomic E-state index is 0.0463. The molecule has 1 heterocycles. The fourth-order valence-corrected chi connectivity index (χ4v) is 2.78. The number of amides is 1. The number of carbonyl (C=O) groups is 1. The number of aromatic nitrogens is 1. The van der Waals surface area contributed by atoms with E-state index in [4.69, 9.17) is 4.74 Å². The van der Waals surface area contributed by atoms with Crippen molar-refractivity contribution in [3.63, 3.8) is 0 Å². The zero-order chi connectivity index (χ0) is 18.1. The van der Waals surface area contributed by atoms with Crippen LogP contribution in [0.15, 0.2) is 18.2 Å². The van der Waals surface area contributed by atoms with Crippen LogP contribution < -0.4 is 15.5 Å². The first-order valence-electron chi connectivity index (χ1n) is 6.53. The van der Waals surface area contributed by atoms with Gasteiger partial charge in [0.1, 0.15) is 10.6 Å². The first-order chi connectivity index (χ1) is 11.1. The summed E-state index contributed by atoms with van der Waals surface area (Å²) in [5, 5.41) is 21.0. The van der Waals surface area contributed by atoms with E-state index < -0.39 is 29.8 Å². The van der Waals surface area contributed by atoms with E-state index in [-0.39, 0.29) is 16.2 Å². The predicted octanol–water partition coefficient (Wildman–Crippen LogP) is 1.41. The van der Waals surface area contributed by atoms with Gasteiger partial charge in [0.2, 0.25) is 0 Å². The van der Waals surface area contributed by atoms with Crippen LogP contribution in [0.2, 0.25) is 0 Å². The number of aryl methyl sites for hydroxylation is 1. The fraction of sp³-hybridized carbons (Fsp3) is 0.231. The van der Waals surface area contributed by atoms with Crippen LogP contribution >= 0.6 is 11.3 Å². The summed E-state index contributed by atoms with van der Waals surface area (Å²) in [7, 11) is -0.586. The molecule has 24 heavy (non-hydrogen) atoms. The van der Waals surface area contributed by atoms with Crippen LogP contribution in [0.5, 0.6) is 5.75 Å². The summed E-state index contributed by atoms with van der Waals surface area (Å²) < 4.78 is 43.7. The van der Waals surface area contributed by atoms with Crippen molar-refractivity contribution in [3.8, 4) is 5.75 Å². The van der Waals surface area contributed by atoms with Crippen LogP contribution in [0, 0.1) is 6.92 Å².